The Kier molecular flexibility index (Phi) is 3.15. The summed E-state index contributed by atoms with van der Waals surface area (Å²) < 4.78 is 13.3. The number of halogens is 1. The molecule has 2 rings (SSSR count). The van der Waals surface area contributed by atoms with Crippen LogP contribution in [0.4, 0.5) is 4.39 Å². The van der Waals surface area contributed by atoms with Crippen LogP contribution in [-0.2, 0) is 0 Å². The summed E-state index contributed by atoms with van der Waals surface area (Å²) in [5.74, 6) is -1.28. The monoisotopic (exact) mass is 244 g/mol. The third kappa shape index (κ3) is 2.12. The lowest BCUT2D eigenvalue weighted by Crippen LogP contribution is -2.01. The maximum atomic E-state index is 13.3. The van der Waals surface area contributed by atoms with Crippen molar-refractivity contribution in [1.29, 1.82) is 0 Å². The van der Waals surface area contributed by atoms with E-state index >= 15 is 0 Å². The number of aryl methyl sites for hydroxylation is 2. The van der Waals surface area contributed by atoms with Crippen LogP contribution >= 0.6 is 0 Å². The van der Waals surface area contributed by atoms with Crippen LogP contribution in [0.25, 0.3) is 11.1 Å². The second-order valence-electron chi connectivity index (χ2n) is 4.27. The Balaban J connectivity index is 2.74. The summed E-state index contributed by atoms with van der Waals surface area (Å²) in [6.07, 6.45) is 0. The Morgan fingerprint density at radius 3 is 2.22 bits per heavy atom. The molecule has 0 spiro atoms. The average Bonchev–Trinajstić information content (AvgIpc) is 2.28. The van der Waals surface area contributed by atoms with E-state index in [1.165, 1.54) is 12.1 Å². The summed E-state index contributed by atoms with van der Waals surface area (Å²) >= 11 is 0. The van der Waals surface area contributed by atoms with Gasteiger partial charge in [-0.05, 0) is 54.3 Å². The predicted octanol–water partition coefficient (Wildman–Crippen LogP) is 3.81. The Morgan fingerprint density at radius 2 is 1.67 bits per heavy atom. The molecule has 3 heteroatoms. The minimum absolute atomic E-state index is 0.232. The predicted molar refractivity (Wildman–Crippen MR) is 68.3 cm³/mol. The number of rotatable bonds is 2. The van der Waals surface area contributed by atoms with E-state index in [1.54, 1.807) is 38.1 Å². The number of carboxylic acids is 1. The number of hydrogen-bond acceptors (Lipinski definition) is 1. The maximum absolute atomic E-state index is 13.3. The van der Waals surface area contributed by atoms with Gasteiger partial charge in [0.15, 0.2) is 0 Å². The molecule has 0 aliphatic rings. The first-order chi connectivity index (χ1) is 8.50. The minimum Gasteiger partial charge on any atom is -0.478 e. The molecule has 0 aliphatic carbocycles. The van der Waals surface area contributed by atoms with Crippen molar-refractivity contribution in [2.45, 2.75) is 13.8 Å². The highest BCUT2D eigenvalue weighted by Crippen LogP contribution is 2.30. The molecule has 2 aromatic rings. The fourth-order valence-electron chi connectivity index (χ4n) is 2.22. The first-order valence-electron chi connectivity index (χ1n) is 5.60. The highest BCUT2D eigenvalue weighted by molar-refractivity contribution is 5.97. The fourth-order valence-corrected chi connectivity index (χ4v) is 2.22. The van der Waals surface area contributed by atoms with Crippen LogP contribution < -0.4 is 0 Å². The van der Waals surface area contributed by atoms with Gasteiger partial charge in [-0.25, -0.2) is 9.18 Å². The topological polar surface area (TPSA) is 37.3 Å². The number of hydrogen-bond donors (Lipinski definition) is 1. The second-order valence-corrected chi connectivity index (χ2v) is 4.27. The van der Waals surface area contributed by atoms with Gasteiger partial charge in [-0.15, -0.1) is 0 Å². The lowest BCUT2D eigenvalue weighted by Gasteiger charge is -2.12. The lowest BCUT2D eigenvalue weighted by atomic mass is 9.92. The normalized spacial score (nSPS) is 10.4. The fraction of sp³-hybridized carbons (Fsp3) is 0.133. The van der Waals surface area contributed by atoms with E-state index in [0.29, 0.717) is 5.56 Å². The van der Waals surface area contributed by atoms with E-state index in [9.17, 15) is 14.3 Å². The van der Waals surface area contributed by atoms with Crippen molar-refractivity contribution in [2.75, 3.05) is 0 Å². The van der Waals surface area contributed by atoms with Gasteiger partial charge >= 0.3 is 5.97 Å². The van der Waals surface area contributed by atoms with Crippen molar-refractivity contribution in [2.24, 2.45) is 0 Å². The first-order valence-corrected chi connectivity index (χ1v) is 5.60. The zero-order chi connectivity index (χ0) is 13.3. The van der Waals surface area contributed by atoms with Crippen LogP contribution in [0.5, 0.6) is 0 Å². The SMILES string of the molecule is Cc1cc(F)cc(C)c1-c1ccccc1C(=O)O. The number of carboxylic acid groups (broad SMARTS) is 1. The molecule has 18 heavy (non-hydrogen) atoms. The zero-order valence-corrected chi connectivity index (χ0v) is 10.2. The Morgan fingerprint density at radius 1 is 1.11 bits per heavy atom. The summed E-state index contributed by atoms with van der Waals surface area (Å²) in [5.41, 5.74) is 3.12. The van der Waals surface area contributed by atoms with Crippen LogP contribution in [0.3, 0.4) is 0 Å². The molecule has 0 atom stereocenters. The molecule has 2 nitrogen and oxygen atoms in total. The van der Waals surface area contributed by atoms with Gasteiger partial charge in [0.2, 0.25) is 0 Å². The van der Waals surface area contributed by atoms with Crippen LogP contribution in [0.15, 0.2) is 36.4 Å². The first kappa shape index (κ1) is 12.3. The Hall–Kier alpha value is -2.16. The number of benzene rings is 2. The van der Waals surface area contributed by atoms with Crippen molar-refractivity contribution >= 4 is 5.97 Å². The minimum atomic E-state index is -0.978. The molecular formula is C15H13FO2. The number of carbonyl (C=O) groups is 1. The van der Waals surface area contributed by atoms with Crippen molar-refractivity contribution in [3.05, 3.63) is 58.9 Å². The van der Waals surface area contributed by atoms with Crippen molar-refractivity contribution in [3.63, 3.8) is 0 Å². The number of aromatic carboxylic acids is 1. The molecule has 0 aliphatic heterocycles. The van der Waals surface area contributed by atoms with Gasteiger partial charge in [-0.3, -0.25) is 0 Å². The van der Waals surface area contributed by atoms with Crippen molar-refractivity contribution in [3.8, 4) is 11.1 Å². The van der Waals surface area contributed by atoms with Crippen LogP contribution in [-0.4, -0.2) is 11.1 Å². The van der Waals surface area contributed by atoms with Crippen molar-refractivity contribution in [1.82, 2.24) is 0 Å². The largest absolute Gasteiger partial charge is 0.478 e. The van der Waals surface area contributed by atoms with Crippen molar-refractivity contribution < 1.29 is 14.3 Å². The van der Waals surface area contributed by atoms with Gasteiger partial charge in [0.1, 0.15) is 5.82 Å². The smallest absolute Gasteiger partial charge is 0.336 e. The Labute approximate surface area is 105 Å². The van der Waals surface area contributed by atoms with E-state index in [2.05, 4.69) is 0 Å². The van der Waals surface area contributed by atoms with Crippen LogP contribution in [0.1, 0.15) is 21.5 Å². The molecule has 0 fully saturated rings. The average molecular weight is 244 g/mol. The van der Waals surface area contributed by atoms with Gasteiger partial charge in [-0.1, -0.05) is 18.2 Å². The maximum Gasteiger partial charge on any atom is 0.336 e. The molecule has 0 unspecified atom stereocenters. The molecule has 0 bridgehead atoms. The van der Waals surface area contributed by atoms with E-state index in [-0.39, 0.29) is 11.4 Å². The van der Waals surface area contributed by atoms with Gasteiger partial charge < -0.3 is 5.11 Å². The Bertz CT molecular complexity index is 595. The third-order valence-corrected chi connectivity index (χ3v) is 2.92. The molecule has 0 heterocycles. The zero-order valence-electron chi connectivity index (χ0n) is 10.2. The van der Waals surface area contributed by atoms with Crippen LogP contribution in [0, 0.1) is 19.7 Å². The molecule has 0 radical (unpaired) electrons. The lowest BCUT2D eigenvalue weighted by molar-refractivity contribution is 0.0698. The third-order valence-electron chi connectivity index (χ3n) is 2.92. The quantitative estimate of drug-likeness (QED) is 0.872. The van der Waals surface area contributed by atoms with Gasteiger partial charge in [0.25, 0.3) is 0 Å². The van der Waals surface area contributed by atoms with Gasteiger partial charge in [0, 0.05) is 0 Å². The summed E-state index contributed by atoms with van der Waals surface area (Å²) in [5, 5.41) is 9.19. The summed E-state index contributed by atoms with van der Waals surface area (Å²) in [4.78, 5) is 11.2. The van der Waals surface area contributed by atoms with E-state index in [0.717, 1.165) is 16.7 Å². The summed E-state index contributed by atoms with van der Waals surface area (Å²) in [6, 6.07) is 9.60. The van der Waals surface area contributed by atoms with Gasteiger partial charge in [0.05, 0.1) is 5.56 Å². The standard InChI is InChI=1S/C15H13FO2/c1-9-7-11(16)8-10(2)14(9)12-5-3-4-6-13(12)15(17)18/h3-8H,1-2H3,(H,17,18). The van der Waals surface area contributed by atoms with Crippen LogP contribution in [0.2, 0.25) is 0 Å². The highest BCUT2D eigenvalue weighted by Gasteiger charge is 2.15. The second kappa shape index (κ2) is 4.61. The van der Waals surface area contributed by atoms with Gasteiger partial charge in [-0.2, -0.15) is 0 Å². The molecular weight excluding hydrogens is 231 g/mol. The molecule has 2 aromatic carbocycles. The molecule has 0 amide bonds. The molecule has 0 saturated heterocycles. The summed E-state index contributed by atoms with van der Waals surface area (Å²) in [7, 11) is 0. The van der Waals surface area contributed by atoms with E-state index < -0.39 is 5.97 Å². The molecule has 92 valence electrons. The van der Waals surface area contributed by atoms with E-state index in [1.807, 2.05) is 0 Å². The van der Waals surface area contributed by atoms with E-state index in [4.69, 9.17) is 0 Å². The molecule has 1 N–H and O–H groups in total. The highest BCUT2D eigenvalue weighted by atomic mass is 19.1. The summed E-state index contributed by atoms with van der Waals surface area (Å²) in [6.45, 7) is 3.56. The molecule has 0 saturated carbocycles. The molecule has 0 aromatic heterocycles.